The lowest BCUT2D eigenvalue weighted by molar-refractivity contribution is 0.592. The van der Waals surface area contributed by atoms with Crippen LogP contribution in [0.2, 0.25) is 5.02 Å². The van der Waals surface area contributed by atoms with Crippen LogP contribution >= 0.6 is 27.5 Å². The maximum absolute atomic E-state index is 6.04. The molecule has 0 fully saturated rings. The molecule has 1 unspecified atom stereocenters. The zero-order chi connectivity index (χ0) is 13.0. The summed E-state index contributed by atoms with van der Waals surface area (Å²) in [6.45, 7) is 2.92. The molecule has 0 aliphatic rings. The molecule has 96 valence electrons. The van der Waals surface area contributed by atoms with Crippen LogP contribution in [-0.4, -0.2) is 20.1 Å². The summed E-state index contributed by atoms with van der Waals surface area (Å²) in [5.41, 5.74) is 1.23. The van der Waals surface area contributed by atoms with Crippen LogP contribution in [0, 0.1) is 0 Å². The number of rotatable bonds is 5. The minimum absolute atomic E-state index is 0.359. The predicted octanol–water partition coefficient (Wildman–Crippen LogP) is 3.67. The maximum Gasteiger partial charge on any atom is 0.138 e. The molecule has 0 amide bonds. The van der Waals surface area contributed by atoms with Crippen molar-refractivity contribution in [3.8, 4) is 0 Å². The lowest BCUT2D eigenvalue weighted by Gasteiger charge is -2.14. The molecular formula is C13H15BrClN3. The Morgan fingerprint density at radius 2 is 2.28 bits per heavy atom. The standard InChI is InChI=1S/C13H15BrClN3/c1-2-18-13(16-9-17-18)7-11(8-14)10-4-3-5-12(15)6-10/h3-6,9,11H,2,7-8H2,1H3. The van der Waals surface area contributed by atoms with Gasteiger partial charge >= 0.3 is 0 Å². The molecule has 2 rings (SSSR count). The third-order valence-electron chi connectivity index (χ3n) is 2.93. The maximum atomic E-state index is 6.04. The van der Waals surface area contributed by atoms with E-state index < -0.39 is 0 Å². The zero-order valence-electron chi connectivity index (χ0n) is 10.2. The van der Waals surface area contributed by atoms with Gasteiger partial charge in [-0.1, -0.05) is 39.7 Å². The molecule has 0 N–H and O–H groups in total. The molecular weight excluding hydrogens is 314 g/mol. The minimum atomic E-state index is 0.359. The van der Waals surface area contributed by atoms with Crippen LogP contribution in [0.15, 0.2) is 30.6 Å². The van der Waals surface area contributed by atoms with E-state index in [1.54, 1.807) is 6.33 Å². The average Bonchev–Trinajstić information content (AvgIpc) is 2.83. The molecule has 0 saturated carbocycles. The molecule has 0 bridgehead atoms. The van der Waals surface area contributed by atoms with E-state index in [1.165, 1.54) is 5.56 Å². The van der Waals surface area contributed by atoms with Crippen LogP contribution in [0.5, 0.6) is 0 Å². The summed E-state index contributed by atoms with van der Waals surface area (Å²) in [7, 11) is 0. The molecule has 1 heterocycles. The van der Waals surface area contributed by atoms with Gasteiger partial charge in [-0.25, -0.2) is 4.98 Å². The van der Waals surface area contributed by atoms with Crippen molar-refractivity contribution in [1.29, 1.82) is 0 Å². The van der Waals surface area contributed by atoms with Crippen molar-refractivity contribution in [2.45, 2.75) is 25.8 Å². The number of aromatic nitrogens is 3. The Morgan fingerprint density at radius 3 is 2.94 bits per heavy atom. The second kappa shape index (κ2) is 6.34. The molecule has 0 saturated heterocycles. The van der Waals surface area contributed by atoms with Crippen molar-refractivity contribution in [3.63, 3.8) is 0 Å². The summed E-state index contributed by atoms with van der Waals surface area (Å²) in [6.07, 6.45) is 2.47. The van der Waals surface area contributed by atoms with Gasteiger partial charge in [0.05, 0.1) is 0 Å². The molecule has 2 aromatic rings. The second-order valence-electron chi connectivity index (χ2n) is 4.10. The molecule has 0 aliphatic carbocycles. The summed E-state index contributed by atoms with van der Waals surface area (Å²) < 4.78 is 1.93. The van der Waals surface area contributed by atoms with E-state index in [0.29, 0.717) is 5.92 Å². The quantitative estimate of drug-likeness (QED) is 0.784. The highest BCUT2D eigenvalue weighted by atomic mass is 79.9. The van der Waals surface area contributed by atoms with Gasteiger partial charge < -0.3 is 0 Å². The van der Waals surface area contributed by atoms with Gasteiger partial charge in [0, 0.05) is 29.2 Å². The van der Waals surface area contributed by atoms with E-state index in [4.69, 9.17) is 11.6 Å². The summed E-state index contributed by atoms with van der Waals surface area (Å²) in [4.78, 5) is 4.32. The molecule has 1 aromatic carbocycles. The summed E-state index contributed by atoms with van der Waals surface area (Å²) >= 11 is 9.61. The summed E-state index contributed by atoms with van der Waals surface area (Å²) in [5.74, 6) is 1.38. The summed E-state index contributed by atoms with van der Waals surface area (Å²) in [5, 5.41) is 5.85. The molecule has 1 atom stereocenters. The molecule has 0 radical (unpaired) electrons. The van der Waals surface area contributed by atoms with E-state index in [-0.39, 0.29) is 0 Å². The number of hydrogen-bond donors (Lipinski definition) is 0. The molecule has 3 nitrogen and oxygen atoms in total. The van der Waals surface area contributed by atoms with Gasteiger partial charge in [0.15, 0.2) is 0 Å². The summed E-state index contributed by atoms with van der Waals surface area (Å²) in [6, 6.07) is 7.99. The van der Waals surface area contributed by atoms with Crippen molar-refractivity contribution < 1.29 is 0 Å². The number of halogens is 2. The van der Waals surface area contributed by atoms with Gasteiger partial charge in [0.25, 0.3) is 0 Å². The van der Waals surface area contributed by atoms with E-state index >= 15 is 0 Å². The van der Waals surface area contributed by atoms with Crippen LogP contribution in [0.1, 0.15) is 24.2 Å². The van der Waals surface area contributed by atoms with Gasteiger partial charge in [-0.15, -0.1) is 0 Å². The average molecular weight is 329 g/mol. The largest absolute Gasteiger partial charge is 0.250 e. The van der Waals surface area contributed by atoms with Crippen molar-refractivity contribution >= 4 is 27.5 Å². The lowest BCUT2D eigenvalue weighted by Crippen LogP contribution is -2.11. The van der Waals surface area contributed by atoms with E-state index in [2.05, 4.69) is 39.0 Å². The third-order valence-corrected chi connectivity index (χ3v) is 3.95. The van der Waals surface area contributed by atoms with Crippen molar-refractivity contribution in [2.75, 3.05) is 5.33 Å². The van der Waals surface area contributed by atoms with Gasteiger partial charge in [-0.05, 0) is 24.6 Å². The van der Waals surface area contributed by atoms with Gasteiger partial charge in [0.1, 0.15) is 12.2 Å². The first-order chi connectivity index (χ1) is 8.74. The third kappa shape index (κ3) is 3.12. The number of nitrogens with zero attached hydrogens (tertiary/aromatic N) is 3. The molecule has 1 aromatic heterocycles. The molecule has 18 heavy (non-hydrogen) atoms. The first-order valence-electron chi connectivity index (χ1n) is 5.92. The Hall–Kier alpha value is -0.870. The highest BCUT2D eigenvalue weighted by Gasteiger charge is 2.14. The Balaban J connectivity index is 2.20. The predicted molar refractivity (Wildman–Crippen MR) is 77.4 cm³/mol. The lowest BCUT2D eigenvalue weighted by atomic mass is 9.97. The fourth-order valence-corrected chi connectivity index (χ4v) is 2.75. The second-order valence-corrected chi connectivity index (χ2v) is 5.19. The van der Waals surface area contributed by atoms with Crippen molar-refractivity contribution in [3.05, 3.63) is 47.0 Å². The molecule has 0 aliphatic heterocycles. The molecule has 5 heteroatoms. The zero-order valence-corrected chi connectivity index (χ0v) is 12.5. The first-order valence-corrected chi connectivity index (χ1v) is 7.42. The fraction of sp³-hybridized carbons (Fsp3) is 0.385. The van der Waals surface area contributed by atoms with Gasteiger partial charge in [-0.3, -0.25) is 4.68 Å². The first kappa shape index (κ1) is 13.6. The van der Waals surface area contributed by atoms with Gasteiger partial charge in [0.2, 0.25) is 0 Å². The number of benzene rings is 1. The Morgan fingerprint density at radius 1 is 1.44 bits per heavy atom. The van der Waals surface area contributed by atoms with Crippen LogP contribution in [0.3, 0.4) is 0 Å². The van der Waals surface area contributed by atoms with Crippen molar-refractivity contribution in [1.82, 2.24) is 14.8 Å². The van der Waals surface area contributed by atoms with Crippen LogP contribution < -0.4 is 0 Å². The Bertz CT molecular complexity index is 512. The number of alkyl halides is 1. The highest BCUT2D eigenvalue weighted by Crippen LogP contribution is 2.24. The normalized spacial score (nSPS) is 12.6. The molecule has 0 spiro atoms. The number of aryl methyl sites for hydroxylation is 1. The van der Waals surface area contributed by atoms with Gasteiger partial charge in [-0.2, -0.15) is 5.10 Å². The topological polar surface area (TPSA) is 30.7 Å². The van der Waals surface area contributed by atoms with Crippen molar-refractivity contribution in [2.24, 2.45) is 0 Å². The Labute approximate surface area is 120 Å². The van der Waals surface area contributed by atoms with Crippen LogP contribution in [0.25, 0.3) is 0 Å². The smallest absolute Gasteiger partial charge is 0.138 e. The van der Waals surface area contributed by atoms with E-state index in [0.717, 1.165) is 29.1 Å². The van der Waals surface area contributed by atoms with E-state index in [1.807, 2.05) is 22.9 Å². The fourth-order valence-electron chi connectivity index (χ4n) is 1.95. The number of hydrogen-bond acceptors (Lipinski definition) is 2. The SMILES string of the molecule is CCn1ncnc1CC(CBr)c1cccc(Cl)c1. The minimum Gasteiger partial charge on any atom is -0.250 e. The monoisotopic (exact) mass is 327 g/mol. The van der Waals surface area contributed by atoms with E-state index in [9.17, 15) is 0 Å². The Kier molecular flexibility index (Phi) is 4.78. The van der Waals surface area contributed by atoms with Crippen LogP contribution in [0.4, 0.5) is 0 Å². The van der Waals surface area contributed by atoms with Crippen LogP contribution in [-0.2, 0) is 13.0 Å². The highest BCUT2D eigenvalue weighted by molar-refractivity contribution is 9.09.